The average Bonchev–Trinajstić information content (AvgIpc) is 2.98. The minimum absolute atomic E-state index is 0.199. The van der Waals surface area contributed by atoms with Gasteiger partial charge in [-0.05, 0) is 17.7 Å². The second-order valence-corrected chi connectivity index (χ2v) is 3.87. The number of carbonyl (C=O) groups excluding carboxylic acids is 1. The predicted octanol–water partition coefficient (Wildman–Crippen LogP) is 2.80. The minimum atomic E-state index is -0.416. The van der Waals surface area contributed by atoms with Crippen LogP contribution in [0.15, 0.2) is 53.1 Å². The van der Waals surface area contributed by atoms with Gasteiger partial charge in [0.25, 0.3) is 0 Å². The van der Waals surface area contributed by atoms with Gasteiger partial charge in [0.05, 0.1) is 6.26 Å². The first kappa shape index (κ1) is 9.96. The number of hydrogen-bond donors (Lipinski definition) is 1. The molecule has 86 valence electrons. The van der Waals surface area contributed by atoms with Crippen molar-refractivity contribution < 1.29 is 13.9 Å². The zero-order valence-corrected chi connectivity index (χ0v) is 9.00. The lowest BCUT2D eigenvalue weighted by Crippen LogP contribution is -2.19. The highest BCUT2D eigenvalue weighted by Crippen LogP contribution is 2.36. The van der Waals surface area contributed by atoms with Crippen molar-refractivity contribution in [3.63, 3.8) is 0 Å². The van der Waals surface area contributed by atoms with Gasteiger partial charge in [0.1, 0.15) is 11.8 Å². The second-order valence-electron chi connectivity index (χ2n) is 3.87. The zero-order chi connectivity index (χ0) is 11.7. The molecule has 0 bridgehead atoms. The summed E-state index contributed by atoms with van der Waals surface area (Å²) in [5, 5.41) is 2.79. The van der Waals surface area contributed by atoms with E-state index < -0.39 is 12.2 Å². The highest BCUT2D eigenvalue weighted by Gasteiger charge is 2.37. The van der Waals surface area contributed by atoms with Crippen molar-refractivity contribution in [1.29, 1.82) is 0 Å². The molecule has 2 aromatic rings. The van der Waals surface area contributed by atoms with E-state index in [4.69, 9.17) is 9.15 Å². The van der Waals surface area contributed by atoms with E-state index in [0.717, 1.165) is 5.56 Å². The molecular formula is C13H11NO3. The third-order valence-electron chi connectivity index (χ3n) is 2.79. The maximum atomic E-state index is 11.4. The van der Waals surface area contributed by atoms with Crippen molar-refractivity contribution in [1.82, 2.24) is 5.32 Å². The number of hydrogen-bond acceptors (Lipinski definition) is 3. The molecule has 1 aliphatic heterocycles. The smallest absolute Gasteiger partial charge is 0.408 e. The lowest BCUT2D eigenvalue weighted by atomic mass is 10.0. The number of cyclic esters (lactones) is 1. The van der Waals surface area contributed by atoms with Crippen molar-refractivity contribution in [3.8, 4) is 0 Å². The van der Waals surface area contributed by atoms with Gasteiger partial charge < -0.3 is 14.5 Å². The summed E-state index contributed by atoms with van der Waals surface area (Å²) in [6.45, 7) is 0. The Labute approximate surface area is 98.2 Å². The van der Waals surface area contributed by atoms with Crippen LogP contribution in [0.4, 0.5) is 4.79 Å². The van der Waals surface area contributed by atoms with Crippen LogP contribution in [0, 0.1) is 0 Å². The Morgan fingerprint density at radius 2 is 1.88 bits per heavy atom. The Morgan fingerprint density at radius 1 is 1.06 bits per heavy atom. The van der Waals surface area contributed by atoms with Gasteiger partial charge >= 0.3 is 6.09 Å². The van der Waals surface area contributed by atoms with E-state index in [1.165, 1.54) is 0 Å². The lowest BCUT2D eigenvalue weighted by molar-refractivity contribution is 0.117. The molecule has 17 heavy (non-hydrogen) atoms. The van der Waals surface area contributed by atoms with Crippen molar-refractivity contribution in [3.05, 3.63) is 60.1 Å². The van der Waals surface area contributed by atoms with E-state index >= 15 is 0 Å². The maximum absolute atomic E-state index is 11.4. The number of nitrogens with one attached hydrogen (secondary N) is 1. The van der Waals surface area contributed by atoms with E-state index in [-0.39, 0.29) is 6.04 Å². The first-order chi connectivity index (χ1) is 8.34. The number of amides is 1. The summed E-state index contributed by atoms with van der Waals surface area (Å²) in [5.74, 6) is 0.650. The second kappa shape index (κ2) is 3.97. The van der Waals surface area contributed by atoms with E-state index in [0.29, 0.717) is 5.76 Å². The zero-order valence-electron chi connectivity index (χ0n) is 9.00. The molecule has 1 unspecified atom stereocenters. The molecule has 1 amide bonds. The van der Waals surface area contributed by atoms with E-state index in [1.807, 2.05) is 30.3 Å². The molecule has 0 spiro atoms. The van der Waals surface area contributed by atoms with Gasteiger partial charge in [-0.25, -0.2) is 4.79 Å². The highest BCUT2D eigenvalue weighted by atomic mass is 16.6. The summed E-state index contributed by atoms with van der Waals surface area (Å²) in [4.78, 5) is 11.4. The van der Waals surface area contributed by atoms with E-state index in [2.05, 4.69) is 5.32 Å². The fourth-order valence-electron chi connectivity index (χ4n) is 2.01. The van der Waals surface area contributed by atoms with Gasteiger partial charge in [0.2, 0.25) is 0 Å². The van der Waals surface area contributed by atoms with Crippen LogP contribution < -0.4 is 5.32 Å². The monoisotopic (exact) mass is 229 g/mol. The Balaban J connectivity index is 1.95. The molecule has 0 saturated carbocycles. The number of rotatable bonds is 2. The van der Waals surface area contributed by atoms with Crippen LogP contribution in [-0.2, 0) is 4.74 Å². The highest BCUT2D eigenvalue weighted by molar-refractivity contribution is 5.71. The first-order valence-corrected chi connectivity index (χ1v) is 5.40. The van der Waals surface area contributed by atoms with Crippen molar-refractivity contribution in [2.45, 2.75) is 12.1 Å². The molecule has 3 rings (SSSR count). The molecule has 4 nitrogen and oxygen atoms in total. The molecule has 1 N–H and O–H groups in total. The molecule has 2 heterocycles. The van der Waals surface area contributed by atoms with Gasteiger partial charge in [-0.15, -0.1) is 0 Å². The van der Waals surface area contributed by atoms with Gasteiger partial charge in [0.15, 0.2) is 6.10 Å². The summed E-state index contributed by atoms with van der Waals surface area (Å²) in [6.07, 6.45) is 0.754. The number of furan rings is 1. The Kier molecular flexibility index (Phi) is 2.33. The first-order valence-electron chi connectivity index (χ1n) is 5.40. The SMILES string of the molecule is O=C1N[C@@H](c2ccccc2)C(c2ccco2)O1. The Morgan fingerprint density at radius 3 is 2.59 bits per heavy atom. The van der Waals surface area contributed by atoms with Gasteiger partial charge in [-0.3, -0.25) is 0 Å². The molecule has 1 fully saturated rings. The van der Waals surface area contributed by atoms with Crippen LogP contribution in [0.25, 0.3) is 0 Å². The molecule has 2 atom stereocenters. The predicted molar refractivity (Wildman–Crippen MR) is 60.2 cm³/mol. The third-order valence-corrected chi connectivity index (χ3v) is 2.79. The minimum Gasteiger partial charge on any atom is -0.465 e. The van der Waals surface area contributed by atoms with Crippen molar-refractivity contribution in [2.24, 2.45) is 0 Å². The van der Waals surface area contributed by atoms with E-state index in [1.54, 1.807) is 18.4 Å². The summed E-state index contributed by atoms with van der Waals surface area (Å²) in [7, 11) is 0. The van der Waals surface area contributed by atoms with Gasteiger partial charge in [0, 0.05) is 0 Å². The normalized spacial score (nSPS) is 23.2. The standard InChI is InChI=1S/C13H11NO3/c15-13-14-11(9-5-2-1-3-6-9)12(17-13)10-7-4-8-16-10/h1-8,11-12H,(H,14,15)/t11-,12?/m0/s1. The summed E-state index contributed by atoms with van der Waals surface area (Å²) in [6, 6.07) is 13.1. The Hall–Kier alpha value is -2.23. The quantitative estimate of drug-likeness (QED) is 0.861. The fraction of sp³-hybridized carbons (Fsp3) is 0.154. The topological polar surface area (TPSA) is 51.5 Å². The molecule has 0 radical (unpaired) electrons. The summed E-state index contributed by atoms with van der Waals surface area (Å²) >= 11 is 0. The molecule has 1 aromatic carbocycles. The van der Waals surface area contributed by atoms with Gasteiger partial charge in [-0.2, -0.15) is 0 Å². The van der Waals surface area contributed by atoms with Crippen LogP contribution in [-0.4, -0.2) is 6.09 Å². The number of benzene rings is 1. The largest absolute Gasteiger partial charge is 0.465 e. The van der Waals surface area contributed by atoms with Crippen molar-refractivity contribution >= 4 is 6.09 Å². The summed E-state index contributed by atoms with van der Waals surface area (Å²) in [5.41, 5.74) is 1.000. The third kappa shape index (κ3) is 1.78. The number of carbonyl (C=O) groups is 1. The van der Waals surface area contributed by atoms with Crippen LogP contribution in [0.2, 0.25) is 0 Å². The van der Waals surface area contributed by atoms with Crippen LogP contribution in [0.3, 0.4) is 0 Å². The van der Waals surface area contributed by atoms with Crippen LogP contribution in [0.1, 0.15) is 23.5 Å². The molecule has 1 saturated heterocycles. The van der Waals surface area contributed by atoms with Crippen LogP contribution >= 0.6 is 0 Å². The Bertz CT molecular complexity index is 507. The van der Waals surface area contributed by atoms with Crippen LogP contribution in [0.5, 0.6) is 0 Å². The lowest BCUT2D eigenvalue weighted by Gasteiger charge is -2.14. The molecular weight excluding hydrogens is 218 g/mol. The number of alkyl carbamates (subject to hydrolysis) is 1. The average molecular weight is 229 g/mol. The van der Waals surface area contributed by atoms with Crippen molar-refractivity contribution in [2.75, 3.05) is 0 Å². The maximum Gasteiger partial charge on any atom is 0.408 e. The molecule has 1 aromatic heterocycles. The molecule has 0 aliphatic carbocycles. The molecule has 4 heteroatoms. The molecule has 1 aliphatic rings. The fourth-order valence-corrected chi connectivity index (χ4v) is 2.01. The van der Waals surface area contributed by atoms with E-state index in [9.17, 15) is 4.79 Å². The summed E-state index contributed by atoms with van der Waals surface area (Å²) < 4.78 is 10.5. The number of ether oxygens (including phenoxy) is 1. The van der Waals surface area contributed by atoms with Gasteiger partial charge in [-0.1, -0.05) is 30.3 Å².